The minimum absolute atomic E-state index is 0.0554. The number of rotatable bonds is 4. The number of benzene rings is 2. The van der Waals surface area contributed by atoms with E-state index in [4.69, 9.17) is 11.1 Å². The van der Waals surface area contributed by atoms with Crippen LogP contribution in [0.25, 0.3) is 11.1 Å². The van der Waals surface area contributed by atoms with Gasteiger partial charge in [-0.3, -0.25) is 5.41 Å². The topological polar surface area (TPSA) is 87.7 Å². The van der Waals surface area contributed by atoms with E-state index >= 15 is 0 Å². The van der Waals surface area contributed by atoms with Crippen molar-refractivity contribution in [2.24, 2.45) is 5.73 Å². The predicted octanol–water partition coefficient (Wildman–Crippen LogP) is 3.79. The lowest BCUT2D eigenvalue weighted by Crippen LogP contribution is -2.10. The molecule has 24 heavy (non-hydrogen) atoms. The molecule has 2 aromatic carbocycles. The Morgan fingerprint density at radius 2 is 1.79 bits per heavy atom. The fourth-order valence-corrected chi connectivity index (χ4v) is 2.58. The second kappa shape index (κ2) is 6.50. The van der Waals surface area contributed by atoms with Crippen molar-refractivity contribution in [3.63, 3.8) is 0 Å². The van der Waals surface area contributed by atoms with Crippen LogP contribution >= 0.6 is 0 Å². The first kappa shape index (κ1) is 15.7. The zero-order chi connectivity index (χ0) is 17.1. The number of nitrogens with one attached hydrogen (secondary N) is 2. The van der Waals surface area contributed by atoms with E-state index in [1.54, 1.807) is 6.33 Å². The number of anilines is 2. The third kappa shape index (κ3) is 3.25. The molecule has 0 unspecified atom stereocenters. The highest BCUT2D eigenvalue weighted by molar-refractivity contribution is 5.95. The van der Waals surface area contributed by atoms with Crippen molar-refractivity contribution < 1.29 is 0 Å². The van der Waals surface area contributed by atoms with Crippen molar-refractivity contribution >= 4 is 17.3 Å². The fraction of sp³-hybridized carbons (Fsp3) is 0.105. The molecule has 0 radical (unpaired) electrons. The Bertz CT molecular complexity index is 885. The van der Waals surface area contributed by atoms with E-state index in [9.17, 15) is 0 Å². The van der Waals surface area contributed by atoms with Crippen molar-refractivity contribution in [1.82, 2.24) is 9.97 Å². The summed E-state index contributed by atoms with van der Waals surface area (Å²) in [7, 11) is 0. The smallest absolute Gasteiger partial charge is 0.141 e. The number of amidine groups is 1. The van der Waals surface area contributed by atoms with E-state index in [0.717, 1.165) is 28.3 Å². The number of aromatic nitrogens is 2. The summed E-state index contributed by atoms with van der Waals surface area (Å²) in [5, 5.41) is 10.8. The fourth-order valence-electron chi connectivity index (χ4n) is 2.58. The Labute approximate surface area is 141 Å². The van der Waals surface area contributed by atoms with E-state index in [-0.39, 0.29) is 5.84 Å². The molecule has 0 fully saturated rings. The van der Waals surface area contributed by atoms with Gasteiger partial charge in [0.2, 0.25) is 0 Å². The molecule has 4 N–H and O–H groups in total. The van der Waals surface area contributed by atoms with Crippen molar-refractivity contribution in [2.75, 3.05) is 5.32 Å². The number of hydrogen-bond acceptors (Lipinski definition) is 4. The first-order valence-electron chi connectivity index (χ1n) is 7.65. The van der Waals surface area contributed by atoms with Gasteiger partial charge in [0.15, 0.2) is 0 Å². The minimum Gasteiger partial charge on any atom is -0.384 e. The van der Waals surface area contributed by atoms with E-state index < -0.39 is 0 Å². The number of hydrogen-bond donors (Lipinski definition) is 3. The third-order valence-electron chi connectivity index (χ3n) is 3.80. The summed E-state index contributed by atoms with van der Waals surface area (Å²) in [6.07, 6.45) is 1.56. The van der Waals surface area contributed by atoms with Gasteiger partial charge in [0.25, 0.3) is 0 Å². The Hall–Kier alpha value is -3.21. The van der Waals surface area contributed by atoms with Crippen LogP contribution in [0.5, 0.6) is 0 Å². The van der Waals surface area contributed by atoms with Gasteiger partial charge in [-0.05, 0) is 43.7 Å². The molecule has 5 heteroatoms. The number of nitrogen functional groups attached to an aromatic ring is 1. The minimum atomic E-state index is 0.0554. The SMILES string of the molecule is Cc1cccc(-c2c(C)ncnc2Nc2ccc(C(=N)N)cc2)c1. The normalized spacial score (nSPS) is 10.4. The van der Waals surface area contributed by atoms with Gasteiger partial charge in [-0.15, -0.1) is 0 Å². The highest BCUT2D eigenvalue weighted by Gasteiger charge is 2.11. The molecule has 0 aliphatic rings. The van der Waals surface area contributed by atoms with E-state index in [2.05, 4.69) is 40.4 Å². The lowest BCUT2D eigenvalue weighted by Gasteiger charge is -2.13. The van der Waals surface area contributed by atoms with Crippen molar-refractivity contribution in [3.8, 4) is 11.1 Å². The maximum absolute atomic E-state index is 7.46. The molecule has 3 aromatic rings. The molecule has 0 amide bonds. The van der Waals surface area contributed by atoms with Crippen LogP contribution in [0.4, 0.5) is 11.5 Å². The third-order valence-corrected chi connectivity index (χ3v) is 3.80. The molecular formula is C19H19N5. The van der Waals surface area contributed by atoms with Crippen LogP contribution in [0.15, 0.2) is 54.9 Å². The number of nitrogens with zero attached hydrogens (tertiary/aromatic N) is 2. The summed E-state index contributed by atoms with van der Waals surface area (Å²) >= 11 is 0. The van der Waals surface area contributed by atoms with Crippen LogP contribution in [0, 0.1) is 19.3 Å². The Kier molecular flexibility index (Phi) is 4.24. The number of nitrogens with two attached hydrogens (primary N) is 1. The lowest BCUT2D eigenvalue weighted by atomic mass is 10.0. The van der Waals surface area contributed by atoms with Gasteiger partial charge in [-0.1, -0.05) is 29.8 Å². The van der Waals surface area contributed by atoms with E-state index in [1.165, 1.54) is 5.56 Å². The summed E-state index contributed by atoms with van der Waals surface area (Å²) < 4.78 is 0. The highest BCUT2D eigenvalue weighted by Crippen LogP contribution is 2.31. The molecule has 0 atom stereocenters. The Morgan fingerprint density at radius 1 is 1.04 bits per heavy atom. The standard InChI is InChI=1S/C19H19N5/c1-12-4-3-5-15(10-12)17-13(2)22-11-23-19(17)24-16-8-6-14(7-9-16)18(20)21/h3-11H,1-2H3,(H3,20,21)(H,22,23,24). The van der Waals surface area contributed by atoms with E-state index in [1.807, 2.05) is 37.3 Å². The molecule has 1 aromatic heterocycles. The molecule has 3 rings (SSSR count). The molecule has 5 nitrogen and oxygen atoms in total. The molecule has 0 aliphatic carbocycles. The van der Waals surface area contributed by atoms with Crippen molar-refractivity contribution in [2.45, 2.75) is 13.8 Å². The lowest BCUT2D eigenvalue weighted by molar-refractivity contribution is 1.11. The molecule has 1 heterocycles. The average Bonchev–Trinajstić information content (AvgIpc) is 2.55. The maximum Gasteiger partial charge on any atom is 0.141 e. The monoisotopic (exact) mass is 317 g/mol. The van der Waals surface area contributed by atoms with Gasteiger partial charge in [0.1, 0.15) is 18.0 Å². The van der Waals surface area contributed by atoms with Crippen LogP contribution in [-0.4, -0.2) is 15.8 Å². The molecule has 0 spiro atoms. The predicted molar refractivity (Wildman–Crippen MR) is 97.7 cm³/mol. The second-order valence-electron chi connectivity index (χ2n) is 5.67. The molecule has 0 saturated carbocycles. The van der Waals surface area contributed by atoms with Gasteiger partial charge >= 0.3 is 0 Å². The van der Waals surface area contributed by atoms with Gasteiger partial charge in [-0.25, -0.2) is 9.97 Å². The summed E-state index contributed by atoms with van der Waals surface area (Å²) in [6.45, 7) is 4.04. The molecule has 0 saturated heterocycles. The second-order valence-corrected chi connectivity index (χ2v) is 5.67. The van der Waals surface area contributed by atoms with Gasteiger partial charge in [0, 0.05) is 16.8 Å². The first-order valence-corrected chi connectivity index (χ1v) is 7.65. The zero-order valence-electron chi connectivity index (χ0n) is 13.7. The Morgan fingerprint density at radius 3 is 2.46 bits per heavy atom. The largest absolute Gasteiger partial charge is 0.384 e. The van der Waals surface area contributed by atoms with Crippen LogP contribution in [0.1, 0.15) is 16.8 Å². The van der Waals surface area contributed by atoms with E-state index in [0.29, 0.717) is 5.56 Å². The molecule has 0 aliphatic heterocycles. The summed E-state index contributed by atoms with van der Waals surface area (Å²) in [5.41, 5.74) is 11.2. The Balaban J connectivity index is 1.99. The highest BCUT2D eigenvalue weighted by atomic mass is 15.0. The quantitative estimate of drug-likeness (QED) is 0.504. The van der Waals surface area contributed by atoms with Gasteiger partial charge in [-0.2, -0.15) is 0 Å². The average molecular weight is 317 g/mol. The van der Waals surface area contributed by atoms with Crippen LogP contribution in [0.3, 0.4) is 0 Å². The van der Waals surface area contributed by atoms with Crippen molar-refractivity contribution in [1.29, 1.82) is 5.41 Å². The number of aryl methyl sites for hydroxylation is 2. The first-order chi connectivity index (χ1) is 11.5. The maximum atomic E-state index is 7.46. The van der Waals surface area contributed by atoms with Crippen LogP contribution in [-0.2, 0) is 0 Å². The van der Waals surface area contributed by atoms with Crippen LogP contribution < -0.4 is 11.1 Å². The molecular weight excluding hydrogens is 298 g/mol. The van der Waals surface area contributed by atoms with Crippen molar-refractivity contribution in [3.05, 3.63) is 71.7 Å². The summed E-state index contributed by atoms with van der Waals surface area (Å²) in [6, 6.07) is 15.7. The van der Waals surface area contributed by atoms with Crippen LogP contribution in [0.2, 0.25) is 0 Å². The summed E-state index contributed by atoms with van der Waals surface area (Å²) in [4.78, 5) is 8.74. The van der Waals surface area contributed by atoms with Gasteiger partial charge < -0.3 is 11.1 Å². The summed E-state index contributed by atoms with van der Waals surface area (Å²) in [5.74, 6) is 0.809. The molecule has 0 bridgehead atoms. The molecule has 120 valence electrons. The van der Waals surface area contributed by atoms with Gasteiger partial charge in [0.05, 0.1) is 5.69 Å². The zero-order valence-corrected chi connectivity index (χ0v) is 13.7.